The van der Waals surface area contributed by atoms with Gasteiger partial charge in [0.25, 0.3) is 0 Å². The predicted octanol–water partition coefficient (Wildman–Crippen LogP) is 13.3. The van der Waals surface area contributed by atoms with Crippen molar-refractivity contribution in [1.29, 1.82) is 0 Å². The first-order valence-corrected chi connectivity index (χ1v) is 17.1. The third kappa shape index (κ3) is 5.79. The smallest absolute Gasteiger partial charge is 0.227 e. The van der Waals surface area contributed by atoms with Gasteiger partial charge < -0.3 is 14.2 Å². The van der Waals surface area contributed by atoms with Crippen molar-refractivity contribution >= 4 is 56.0 Å². The quantitative estimate of drug-likeness (QED) is 0.163. The highest BCUT2D eigenvalue weighted by molar-refractivity contribution is 6.01. The molecule has 0 N–H and O–H groups in total. The first kappa shape index (κ1) is 30.2. The van der Waals surface area contributed by atoms with Crippen LogP contribution in [0.5, 0.6) is 0 Å². The number of para-hydroxylation sites is 3. The summed E-state index contributed by atoms with van der Waals surface area (Å²) >= 11 is 0. The number of aromatic nitrogens is 1. The van der Waals surface area contributed by atoms with E-state index in [9.17, 15) is 0 Å². The normalized spacial score (nSPS) is 11.1. The Hall–Kier alpha value is -6.91. The molecule has 0 atom stereocenters. The number of hydrogen-bond donors (Lipinski definition) is 0. The second kappa shape index (κ2) is 13.2. The summed E-state index contributed by atoms with van der Waals surface area (Å²) in [4.78, 5) is 9.81. The van der Waals surface area contributed by atoms with Crippen LogP contribution >= 0.6 is 0 Å². The standard InChI is InChI=1S/C47H33N3O/c1-5-18-35(19-6-1)42-27-15-16-28-43(42)50(39-25-11-4-12-26-39)41-32-44(46-45(33-41)51-47(48-46)36-20-7-2-8-21-36)49(38-23-9-3-10-24-38)40-30-29-34-17-13-14-22-37(34)31-40/h1-33H. The fourth-order valence-electron chi connectivity index (χ4n) is 6.86. The third-order valence-corrected chi connectivity index (χ3v) is 9.23. The van der Waals surface area contributed by atoms with Crippen molar-refractivity contribution in [1.82, 2.24) is 4.98 Å². The van der Waals surface area contributed by atoms with E-state index in [1.165, 1.54) is 5.39 Å². The van der Waals surface area contributed by atoms with Crippen LogP contribution in [-0.4, -0.2) is 4.98 Å². The van der Waals surface area contributed by atoms with Gasteiger partial charge in [-0.15, -0.1) is 0 Å². The van der Waals surface area contributed by atoms with Crippen molar-refractivity contribution in [3.8, 4) is 22.6 Å². The second-order valence-electron chi connectivity index (χ2n) is 12.5. The largest absolute Gasteiger partial charge is 0.436 e. The summed E-state index contributed by atoms with van der Waals surface area (Å²) < 4.78 is 6.70. The summed E-state index contributed by atoms with van der Waals surface area (Å²) in [5.41, 5.74) is 10.7. The summed E-state index contributed by atoms with van der Waals surface area (Å²) in [5, 5.41) is 2.35. The molecule has 0 unspecified atom stereocenters. The van der Waals surface area contributed by atoms with Gasteiger partial charge in [-0.05, 0) is 77.0 Å². The number of rotatable bonds is 8. The van der Waals surface area contributed by atoms with Gasteiger partial charge in [0.05, 0.1) is 17.1 Å². The van der Waals surface area contributed by atoms with Gasteiger partial charge in [0.1, 0.15) is 5.52 Å². The molecule has 4 nitrogen and oxygen atoms in total. The molecule has 0 saturated heterocycles. The molecule has 0 aliphatic rings. The second-order valence-corrected chi connectivity index (χ2v) is 12.5. The number of benzene rings is 8. The molecular weight excluding hydrogens is 623 g/mol. The minimum atomic E-state index is 0.575. The number of anilines is 6. The van der Waals surface area contributed by atoms with Crippen LogP contribution in [0.3, 0.4) is 0 Å². The molecule has 1 heterocycles. The van der Waals surface area contributed by atoms with Crippen LogP contribution in [0.2, 0.25) is 0 Å². The van der Waals surface area contributed by atoms with E-state index in [4.69, 9.17) is 9.40 Å². The molecule has 0 radical (unpaired) electrons. The number of hydrogen-bond acceptors (Lipinski definition) is 4. The molecule has 0 fully saturated rings. The van der Waals surface area contributed by atoms with Crippen LogP contribution < -0.4 is 9.80 Å². The van der Waals surface area contributed by atoms with Crippen LogP contribution in [0.1, 0.15) is 0 Å². The van der Waals surface area contributed by atoms with Crippen molar-refractivity contribution in [2.24, 2.45) is 0 Å². The SMILES string of the molecule is c1ccc(-c2nc3c(N(c4ccccc4)c4ccc5ccccc5c4)cc(N(c4ccccc4)c4ccccc4-c4ccccc4)cc3o2)cc1. The first-order chi connectivity index (χ1) is 25.3. The Balaban J connectivity index is 1.34. The number of nitrogens with zero attached hydrogens (tertiary/aromatic N) is 3. The van der Waals surface area contributed by atoms with E-state index in [1.807, 2.05) is 30.3 Å². The summed E-state index contributed by atoms with van der Waals surface area (Å²) in [6.07, 6.45) is 0. The molecule has 0 aliphatic heterocycles. The fraction of sp³-hybridized carbons (Fsp3) is 0. The zero-order chi connectivity index (χ0) is 34.0. The van der Waals surface area contributed by atoms with Crippen LogP contribution in [0.4, 0.5) is 34.1 Å². The minimum absolute atomic E-state index is 0.575. The van der Waals surface area contributed by atoms with E-state index in [2.05, 4.69) is 180 Å². The molecule has 0 aliphatic carbocycles. The van der Waals surface area contributed by atoms with Gasteiger partial charge in [-0.1, -0.05) is 133 Å². The fourth-order valence-corrected chi connectivity index (χ4v) is 6.86. The summed E-state index contributed by atoms with van der Waals surface area (Å²) in [7, 11) is 0. The van der Waals surface area contributed by atoms with Crippen molar-refractivity contribution in [3.63, 3.8) is 0 Å². The van der Waals surface area contributed by atoms with E-state index >= 15 is 0 Å². The molecule has 51 heavy (non-hydrogen) atoms. The van der Waals surface area contributed by atoms with E-state index in [-0.39, 0.29) is 0 Å². The van der Waals surface area contributed by atoms with Gasteiger partial charge in [-0.25, -0.2) is 4.98 Å². The number of oxazole rings is 1. The van der Waals surface area contributed by atoms with E-state index in [1.54, 1.807) is 0 Å². The van der Waals surface area contributed by atoms with Crippen LogP contribution in [0.15, 0.2) is 205 Å². The van der Waals surface area contributed by atoms with Crippen molar-refractivity contribution in [2.75, 3.05) is 9.80 Å². The highest BCUT2D eigenvalue weighted by Crippen LogP contribution is 2.47. The molecule has 0 bridgehead atoms. The average Bonchev–Trinajstić information content (AvgIpc) is 3.65. The maximum Gasteiger partial charge on any atom is 0.227 e. The lowest BCUT2D eigenvalue weighted by atomic mass is 10.0. The molecule has 8 aromatic carbocycles. The van der Waals surface area contributed by atoms with Crippen molar-refractivity contribution in [2.45, 2.75) is 0 Å². The van der Waals surface area contributed by atoms with Gasteiger partial charge >= 0.3 is 0 Å². The Bertz CT molecular complexity index is 2580. The lowest BCUT2D eigenvalue weighted by molar-refractivity contribution is 0.620. The Morgan fingerprint density at radius 1 is 0.373 bits per heavy atom. The molecule has 0 saturated carbocycles. The zero-order valence-electron chi connectivity index (χ0n) is 27.8. The maximum absolute atomic E-state index is 6.70. The Labute approximate surface area is 297 Å². The van der Waals surface area contributed by atoms with E-state index in [0.29, 0.717) is 11.5 Å². The molecular formula is C47H33N3O. The van der Waals surface area contributed by atoms with Crippen LogP contribution in [0, 0.1) is 0 Å². The Morgan fingerprint density at radius 3 is 1.61 bits per heavy atom. The van der Waals surface area contributed by atoms with Crippen LogP contribution in [0.25, 0.3) is 44.5 Å². The molecule has 4 heteroatoms. The summed E-state index contributed by atoms with van der Waals surface area (Å²) in [6.45, 7) is 0. The van der Waals surface area contributed by atoms with Gasteiger partial charge in [0, 0.05) is 34.3 Å². The topological polar surface area (TPSA) is 32.5 Å². The van der Waals surface area contributed by atoms with Crippen LogP contribution in [-0.2, 0) is 0 Å². The van der Waals surface area contributed by atoms with E-state index < -0.39 is 0 Å². The van der Waals surface area contributed by atoms with Gasteiger partial charge in [-0.2, -0.15) is 0 Å². The van der Waals surface area contributed by atoms with Gasteiger partial charge in [0.15, 0.2) is 5.58 Å². The lowest BCUT2D eigenvalue weighted by Crippen LogP contribution is -2.14. The Morgan fingerprint density at radius 2 is 0.922 bits per heavy atom. The zero-order valence-corrected chi connectivity index (χ0v) is 27.8. The molecule has 1 aromatic heterocycles. The average molecular weight is 656 g/mol. The monoisotopic (exact) mass is 655 g/mol. The van der Waals surface area contributed by atoms with Gasteiger partial charge in [0.2, 0.25) is 5.89 Å². The highest BCUT2D eigenvalue weighted by Gasteiger charge is 2.25. The molecule has 242 valence electrons. The molecule has 0 amide bonds. The van der Waals surface area contributed by atoms with Gasteiger partial charge in [-0.3, -0.25) is 0 Å². The lowest BCUT2D eigenvalue weighted by Gasteiger charge is -2.30. The molecule has 9 rings (SSSR count). The summed E-state index contributed by atoms with van der Waals surface area (Å²) in [5.74, 6) is 0.575. The predicted molar refractivity (Wildman–Crippen MR) is 212 cm³/mol. The molecule has 9 aromatic rings. The molecule has 0 spiro atoms. The maximum atomic E-state index is 6.70. The first-order valence-electron chi connectivity index (χ1n) is 17.1. The number of fused-ring (bicyclic) bond motifs is 2. The Kier molecular flexibility index (Phi) is 7.80. The van der Waals surface area contributed by atoms with Crippen molar-refractivity contribution < 1.29 is 4.42 Å². The highest BCUT2D eigenvalue weighted by atomic mass is 16.3. The summed E-state index contributed by atoms with van der Waals surface area (Å²) in [6, 6.07) is 69.7. The minimum Gasteiger partial charge on any atom is -0.436 e. The van der Waals surface area contributed by atoms with E-state index in [0.717, 1.165) is 61.7 Å². The third-order valence-electron chi connectivity index (χ3n) is 9.23. The van der Waals surface area contributed by atoms with Crippen molar-refractivity contribution in [3.05, 3.63) is 200 Å².